The number of aromatic amines is 2. The summed E-state index contributed by atoms with van der Waals surface area (Å²) in [6, 6.07) is 16.9. The highest BCUT2D eigenvalue weighted by Crippen LogP contribution is 2.19. The van der Waals surface area contributed by atoms with Crippen molar-refractivity contribution in [3.63, 3.8) is 0 Å². The van der Waals surface area contributed by atoms with E-state index in [4.69, 9.17) is 21.5 Å². The molecule has 0 unspecified atom stereocenters. The van der Waals surface area contributed by atoms with Gasteiger partial charge in [0.25, 0.3) is 11.1 Å². The Bertz CT molecular complexity index is 1960. The number of aromatic nitrogens is 4. The Hall–Kier alpha value is -6.73. The molecule has 2 aromatic heterocycles. The van der Waals surface area contributed by atoms with Crippen LogP contribution in [0.3, 0.4) is 0 Å². The lowest BCUT2D eigenvalue weighted by Gasteiger charge is -2.35. The zero-order valence-corrected chi connectivity index (χ0v) is 28.6. The Labute approximate surface area is 317 Å². The summed E-state index contributed by atoms with van der Waals surface area (Å²) in [5.74, 6) is 13.9. The number of phenolic OH excluding ortho intramolecular Hbond substituents is 2. The molecule has 2 fully saturated rings. The Morgan fingerprint density at radius 3 is 1.76 bits per heavy atom. The molecule has 2 aromatic carbocycles. The van der Waals surface area contributed by atoms with Gasteiger partial charge >= 0.3 is 0 Å². The third kappa shape index (κ3) is 17.5. The average Bonchev–Trinajstić information content (AvgIpc) is 3.18. The maximum atomic E-state index is 11.3. The largest absolute Gasteiger partial charge is 0.508 e. The number of aromatic hydroxyl groups is 2. The SMILES string of the molecule is C.C.C#CC#CC#CC.O=Cc1ccccc1O.O=O.O=c1cc(N2CCN(Cc3ccccc3O)CC2)nc[nH]1.O=c1cc(N2CCNCC2)nc[nH]1.[HH]. The summed E-state index contributed by atoms with van der Waals surface area (Å²) < 4.78 is 0. The van der Waals surface area contributed by atoms with Crippen molar-refractivity contribution >= 4 is 17.9 Å². The fraction of sp³-hybridized carbons (Fsp3) is 0.308. The van der Waals surface area contributed by atoms with Gasteiger partial charge in [-0.1, -0.05) is 51.1 Å². The first-order chi connectivity index (χ1) is 25.3. The molecule has 0 radical (unpaired) electrons. The van der Waals surface area contributed by atoms with Gasteiger partial charge in [-0.15, -0.1) is 6.42 Å². The average molecular weight is 743 g/mol. The van der Waals surface area contributed by atoms with E-state index in [1.807, 2.05) is 18.2 Å². The molecule has 2 aliphatic heterocycles. The molecule has 0 atom stereocenters. The summed E-state index contributed by atoms with van der Waals surface area (Å²) in [4.78, 5) is 66.2. The topological polar surface area (TPSA) is 205 Å². The quantitative estimate of drug-likeness (QED) is 0.147. The van der Waals surface area contributed by atoms with Crippen LogP contribution in [0, 0.1) is 46.0 Å². The zero-order chi connectivity index (χ0) is 38.0. The second kappa shape index (κ2) is 27.9. The number of H-pyrrole nitrogens is 2. The Balaban J connectivity index is 0. The maximum absolute atomic E-state index is 11.3. The van der Waals surface area contributed by atoms with Gasteiger partial charge < -0.3 is 35.3 Å². The van der Waals surface area contributed by atoms with E-state index in [-0.39, 0.29) is 33.1 Å². The van der Waals surface area contributed by atoms with Gasteiger partial charge in [-0.05, 0) is 48.8 Å². The Morgan fingerprint density at radius 1 is 0.778 bits per heavy atom. The smallest absolute Gasteiger partial charge is 0.252 e. The minimum atomic E-state index is -0.128. The number of hydrogen-bond acceptors (Lipinski definition) is 13. The van der Waals surface area contributed by atoms with E-state index in [9.17, 15) is 19.5 Å². The van der Waals surface area contributed by atoms with E-state index in [2.05, 4.69) is 69.6 Å². The van der Waals surface area contributed by atoms with Gasteiger partial charge in [0, 0.05) is 88.0 Å². The Kier molecular flexibility index (Phi) is 24.4. The number of carbonyl (C=O) groups is 1. The number of nitrogens with zero attached hydrogens (tertiary/aromatic N) is 5. The van der Waals surface area contributed by atoms with Crippen LogP contribution in [0.5, 0.6) is 11.5 Å². The van der Waals surface area contributed by atoms with Gasteiger partial charge in [0.1, 0.15) is 23.1 Å². The molecule has 2 saturated heterocycles. The van der Waals surface area contributed by atoms with E-state index >= 15 is 0 Å². The van der Waals surface area contributed by atoms with Crippen LogP contribution in [-0.2, 0) is 6.54 Å². The molecule has 5 N–H and O–H groups in total. The van der Waals surface area contributed by atoms with Crippen molar-refractivity contribution in [2.45, 2.75) is 28.3 Å². The summed E-state index contributed by atoms with van der Waals surface area (Å²) in [7, 11) is 0. The molecule has 4 heterocycles. The number of terminal acetylenes is 1. The number of hydrogen-bond donors (Lipinski definition) is 5. The monoisotopic (exact) mass is 742 g/mol. The van der Waals surface area contributed by atoms with Crippen LogP contribution in [0.1, 0.15) is 39.1 Å². The number of anilines is 2. The fourth-order valence-electron chi connectivity index (χ4n) is 4.69. The first kappa shape index (κ1) is 47.3. The number of carbonyl (C=O) groups excluding carboxylic acids is 1. The maximum Gasteiger partial charge on any atom is 0.252 e. The zero-order valence-electron chi connectivity index (χ0n) is 28.6. The molecule has 15 nitrogen and oxygen atoms in total. The van der Waals surface area contributed by atoms with Crippen molar-refractivity contribution < 1.29 is 16.4 Å². The van der Waals surface area contributed by atoms with Gasteiger partial charge in [0.05, 0.1) is 18.2 Å². The lowest BCUT2D eigenvalue weighted by molar-refractivity contribution is 0.112. The van der Waals surface area contributed by atoms with Crippen molar-refractivity contribution in [2.75, 3.05) is 62.2 Å². The van der Waals surface area contributed by atoms with E-state index in [1.54, 1.807) is 31.2 Å². The number of para-hydroxylation sites is 2. The van der Waals surface area contributed by atoms with Gasteiger partial charge in [0.15, 0.2) is 6.29 Å². The number of piperazine rings is 2. The molecular weight excluding hydrogens is 692 g/mol. The predicted molar refractivity (Wildman–Crippen MR) is 216 cm³/mol. The summed E-state index contributed by atoms with van der Waals surface area (Å²) in [5.41, 5.74) is 1.05. The summed E-state index contributed by atoms with van der Waals surface area (Å²) in [5, 5.41) is 21.9. The molecule has 0 amide bonds. The number of phenols is 2. The minimum absolute atomic E-state index is 0. The van der Waals surface area contributed by atoms with Crippen LogP contribution in [0.25, 0.3) is 0 Å². The molecule has 4 aromatic rings. The summed E-state index contributed by atoms with van der Waals surface area (Å²) >= 11 is 0. The van der Waals surface area contributed by atoms with Crippen LogP contribution in [0.2, 0.25) is 0 Å². The number of rotatable bonds is 5. The highest BCUT2D eigenvalue weighted by atomic mass is 16.7. The molecule has 0 aliphatic carbocycles. The first-order valence-corrected chi connectivity index (χ1v) is 15.9. The van der Waals surface area contributed by atoms with Crippen LogP contribution >= 0.6 is 0 Å². The Morgan fingerprint density at radius 2 is 1.30 bits per heavy atom. The highest BCUT2D eigenvalue weighted by molar-refractivity contribution is 5.78. The molecule has 6 rings (SSSR count). The molecule has 2 aliphatic rings. The second-order valence-corrected chi connectivity index (χ2v) is 10.6. The lowest BCUT2D eigenvalue weighted by atomic mass is 10.1. The minimum Gasteiger partial charge on any atom is -0.508 e. The first-order valence-electron chi connectivity index (χ1n) is 15.9. The van der Waals surface area contributed by atoms with Gasteiger partial charge in [0.2, 0.25) is 0 Å². The van der Waals surface area contributed by atoms with Crippen LogP contribution < -0.4 is 26.2 Å². The summed E-state index contributed by atoms with van der Waals surface area (Å²) in [6.45, 7) is 9.59. The lowest BCUT2D eigenvalue weighted by Crippen LogP contribution is -2.46. The number of benzene rings is 2. The summed E-state index contributed by atoms with van der Waals surface area (Å²) in [6.07, 6.45) is 8.28. The molecule has 0 saturated carbocycles. The number of aldehydes is 1. The van der Waals surface area contributed by atoms with Crippen LogP contribution in [0.15, 0.2) is 82.9 Å². The van der Waals surface area contributed by atoms with Gasteiger partial charge in [-0.3, -0.25) is 19.3 Å². The second-order valence-electron chi connectivity index (χ2n) is 10.6. The van der Waals surface area contributed by atoms with Crippen molar-refractivity contribution in [1.29, 1.82) is 0 Å². The molecule has 0 spiro atoms. The molecular formula is C39H50N8O7. The van der Waals surface area contributed by atoms with E-state index in [0.717, 1.165) is 76.1 Å². The van der Waals surface area contributed by atoms with Crippen molar-refractivity contribution in [3.05, 3.63) is 115 Å². The van der Waals surface area contributed by atoms with Crippen LogP contribution in [0.4, 0.5) is 11.6 Å². The van der Waals surface area contributed by atoms with Gasteiger partial charge in [-0.2, -0.15) is 0 Å². The number of nitrogens with one attached hydrogen (secondary N) is 3. The molecule has 288 valence electrons. The fourth-order valence-corrected chi connectivity index (χ4v) is 4.69. The van der Waals surface area contributed by atoms with E-state index in [0.29, 0.717) is 17.6 Å². The van der Waals surface area contributed by atoms with Gasteiger partial charge in [-0.25, -0.2) is 9.97 Å². The normalized spacial score (nSPS) is 12.4. The standard InChI is InChI=1S/C15H18N4O2.C8H12N4O.C7H6O2.C7H4.2CH4.O2.H2/c20-13-4-2-1-3-12(13)10-18-5-7-19(8-6-18)14-9-15(21)17-11-16-14;13-8-5-7(10-6-11-8)12-3-1-9-2-4-12;8-5-6-3-1-2-4-7(6)9;1-3-5-7-6-4-2;;;1-2;/h1-4,9,11,20H,5-8,10H2,(H,16,17,21);5-6,9H,1-4H2,(H,10,11,13);1-5,9H;1H,2H3;2*1H4;;1H. The molecule has 15 heteroatoms. The molecule has 0 bridgehead atoms. The third-order valence-corrected chi connectivity index (χ3v) is 7.24. The van der Waals surface area contributed by atoms with Crippen molar-refractivity contribution in [2.24, 2.45) is 0 Å². The predicted octanol–water partition coefficient (Wildman–Crippen LogP) is 3.41. The van der Waals surface area contributed by atoms with Crippen molar-refractivity contribution in [3.8, 4) is 47.5 Å². The third-order valence-electron chi connectivity index (χ3n) is 7.24. The van der Waals surface area contributed by atoms with Crippen LogP contribution in [-0.4, -0.2) is 93.7 Å². The molecule has 54 heavy (non-hydrogen) atoms. The highest BCUT2D eigenvalue weighted by Gasteiger charge is 2.19. The van der Waals surface area contributed by atoms with E-state index in [1.165, 1.54) is 30.9 Å². The van der Waals surface area contributed by atoms with E-state index < -0.39 is 0 Å². The van der Waals surface area contributed by atoms with Crippen molar-refractivity contribution in [1.82, 2.24) is 30.2 Å².